The number of hydrogen-bond donors (Lipinski definition) is 2. The molecule has 198 valence electrons. The summed E-state index contributed by atoms with van der Waals surface area (Å²) in [5, 5.41) is 6.67. The summed E-state index contributed by atoms with van der Waals surface area (Å²) >= 11 is 6.26. The largest absolute Gasteiger partial charge is 0.359 e. The molecule has 3 amide bonds. The number of likely N-dealkylation sites (tertiary alicyclic amines) is 1. The zero-order valence-corrected chi connectivity index (χ0v) is 22.0. The normalized spacial score (nSPS) is 29.9. The Morgan fingerprint density at radius 1 is 1.18 bits per heavy atom. The van der Waals surface area contributed by atoms with Crippen molar-refractivity contribution >= 4 is 35.0 Å². The van der Waals surface area contributed by atoms with E-state index in [0.29, 0.717) is 10.7 Å². The van der Waals surface area contributed by atoms with Gasteiger partial charge >= 0.3 is 0 Å². The van der Waals surface area contributed by atoms with Crippen molar-refractivity contribution in [3.63, 3.8) is 0 Å². The number of amides is 3. The molecule has 6 rings (SSSR count). The third-order valence-corrected chi connectivity index (χ3v) is 8.80. The molecule has 9 heteroatoms. The third-order valence-electron chi connectivity index (χ3n) is 8.39. The maximum Gasteiger partial charge on any atom is 0.246 e. The number of ether oxygens (including phenoxy) is 1. The highest BCUT2D eigenvalue weighted by molar-refractivity contribution is 6.31. The highest BCUT2D eigenvalue weighted by Gasteiger charge is 2.72. The molecule has 0 unspecified atom stereocenters. The van der Waals surface area contributed by atoms with E-state index in [1.807, 2.05) is 31.2 Å². The predicted molar refractivity (Wildman–Crippen MR) is 142 cm³/mol. The second-order valence-corrected chi connectivity index (χ2v) is 11.2. The van der Waals surface area contributed by atoms with Gasteiger partial charge in [-0.25, -0.2) is 0 Å². The van der Waals surface area contributed by atoms with Crippen LogP contribution in [0.3, 0.4) is 0 Å². The predicted octanol–water partition coefficient (Wildman–Crippen LogP) is 3.78. The lowest BCUT2D eigenvalue weighted by Crippen LogP contribution is -2.56. The second kappa shape index (κ2) is 9.82. The van der Waals surface area contributed by atoms with Gasteiger partial charge in [-0.1, -0.05) is 55.1 Å². The number of hydrogen-bond acceptors (Lipinski definition) is 5. The SMILES string of the molecule is Cc1ccc(NC(=O)[C@@H]2[C@H]3C=C[C@]4(O3)[C@H](C(=O)NC3CCCCC3)N(Cc3cccnc3)C(=O)[C@@H]24)cc1Cl. The number of rotatable bonds is 6. The Kier molecular flexibility index (Phi) is 6.48. The van der Waals surface area contributed by atoms with Gasteiger partial charge in [0.15, 0.2) is 0 Å². The van der Waals surface area contributed by atoms with Crippen LogP contribution in [0.15, 0.2) is 54.9 Å². The second-order valence-electron chi connectivity index (χ2n) is 10.8. The standard InChI is InChI=1S/C29H31ClN4O4/c1-17-9-10-20(14-21(17)30)33-26(35)23-22-11-12-29(38-22)24(23)28(37)34(16-18-6-5-13-31-15-18)25(29)27(36)32-19-7-3-2-4-8-19/h5-6,9-15,19,22-25H,2-4,7-8,16H2,1H3,(H,32,36)(H,33,35)/t22-,23-,24-,25+,29-/m1/s1. The molecule has 1 saturated carbocycles. The minimum atomic E-state index is -1.20. The van der Waals surface area contributed by atoms with Crippen LogP contribution in [0.2, 0.25) is 5.02 Å². The summed E-state index contributed by atoms with van der Waals surface area (Å²) < 4.78 is 6.42. The molecular weight excluding hydrogens is 504 g/mol. The van der Waals surface area contributed by atoms with Crippen molar-refractivity contribution in [3.05, 3.63) is 71.0 Å². The van der Waals surface area contributed by atoms with Gasteiger partial charge in [-0.15, -0.1) is 0 Å². The fourth-order valence-electron chi connectivity index (χ4n) is 6.55. The van der Waals surface area contributed by atoms with Crippen molar-refractivity contribution < 1.29 is 19.1 Å². The van der Waals surface area contributed by atoms with Gasteiger partial charge in [0, 0.05) is 35.7 Å². The molecule has 2 aromatic rings. The quantitative estimate of drug-likeness (QED) is 0.549. The van der Waals surface area contributed by atoms with E-state index in [9.17, 15) is 14.4 Å². The van der Waals surface area contributed by atoms with E-state index in [0.717, 1.165) is 36.8 Å². The zero-order chi connectivity index (χ0) is 26.4. The molecule has 38 heavy (non-hydrogen) atoms. The molecule has 3 fully saturated rings. The van der Waals surface area contributed by atoms with E-state index in [1.54, 1.807) is 35.5 Å². The van der Waals surface area contributed by atoms with Gasteiger partial charge in [-0.05, 0) is 49.1 Å². The third kappa shape index (κ3) is 4.20. The van der Waals surface area contributed by atoms with Crippen LogP contribution in [0.25, 0.3) is 0 Å². The fourth-order valence-corrected chi connectivity index (χ4v) is 6.73. The first-order chi connectivity index (χ1) is 18.4. The maximum absolute atomic E-state index is 14.1. The maximum atomic E-state index is 14.1. The molecule has 5 atom stereocenters. The van der Waals surface area contributed by atoms with Crippen molar-refractivity contribution in [2.75, 3.05) is 5.32 Å². The Morgan fingerprint density at radius 3 is 2.74 bits per heavy atom. The van der Waals surface area contributed by atoms with Crippen molar-refractivity contribution in [2.24, 2.45) is 11.8 Å². The summed E-state index contributed by atoms with van der Waals surface area (Å²) in [5.41, 5.74) is 1.06. The van der Waals surface area contributed by atoms with E-state index < -0.39 is 29.6 Å². The lowest BCUT2D eigenvalue weighted by Gasteiger charge is -2.34. The lowest BCUT2D eigenvalue weighted by molar-refractivity contribution is -0.142. The Labute approximate surface area is 226 Å². The number of fused-ring (bicyclic) bond motifs is 1. The molecule has 3 aliphatic heterocycles. The number of carbonyl (C=O) groups is 3. The van der Waals surface area contributed by atoms with Crippen molar-refractivity contribution in [3.8, 4) is 0 Å². The fraction of sp³-hybridized carbons (Fsp3) is 0.448. The van der Waals surface area contributed by atoms with Crippen LogP contribution in [0.4, 0.5) is 5.69 Å². The monoisotopic (exact) mass is 534 g/mol. The first-order valence-corrected chi connectivity index (χ1v) is 13.7. The molecule has 0 radical (unpaired) electrons. The van der Waals surface area contributed by atoms with Gasteiger partial charge < -0.3 is 20.3 Å². The Bertz CT molecular complexity index is 1290. The highest BCUT2D eigenvalue weighted by Crippen LogP contribution is 2.55. The Morgan fingerprint density at radius 2 is 2.00 bits per heavy atom. The van der Waals surface area contributed by atoms with Crippen molar-refractivity contribution in [2.45, 2.75) is 69.4 Å². The number of anilines is 1. The van der Waals surface area contributed by atoms with Crippen LogP contribution in [-0.2, 0) is 25.7 Å². The van der Waals surface area contributed by atoms with Crippen LogP contribution in [0.5, 0.6) is 0 Å². The Hall–Kier alpha value is -3.23. The summed E-state index contributed by atoms with van der Waals surface area (Å²) in [5.74, 6) is -2.39. The Balaban J connectivity index is 1.32. The van der Waals surface area contributed by atoms with E-state index in [1.165, 1.54) is 6.42 Å². The van der Waals surface area contributed by atoms with E-state index in [-0.39, 0.29) is 30.3 Å². The minimum absolute atomic E-state index is 0.0787. The number of aromatic nitrogens is 1. The average molecular weight is 535 g/mol. The molecule has 2 N–H and O–H groups in total. The van der Waals surface area contributed by atoms with Crippen LogP contribution < -0.4 is 10.6 Å². The molecule has 2 saturated heterocycles. The number of halogens is 1. The number of benzene rings is 1. The van der Waals surface area contributed by atoms with E-state index in [4.69, 9.17) is 16.3 Å². The van der Waals surface area contributed by atoms with Gasteiger partial charge in [-0.3, -0.25) is 19.4 Å². The van der Waals surface area contributed by atoms with Gasteiger partial charge in [0.2, 0.25) is 17.7 Å². The zero-order valence-electron chi connectivity index (χ0n) is 21.2. The first kappa shape index (κ1) is 25.1. The molecule has 1 aliphatic carbocycles. The van der Waals surface area contributed by atoms with Crippen molar-refractivity contribution in [1.29, 1.82) is 0 Å². The molecule has 8 nitrogen and oxygen atoms in total. The van der Waals surface area contributed by atoms with Gasteiger partial charge in [0.25, 0.3) is 0 Å². The number of pyridine rings is 1. The first-order valence-electron chi connectivity index (χ1n) is 13.3. The van der Waals surface area contributed by atoms with Crippen molar-refractivity contribution in [1.82, 2.24) is 15.2 Å². The molecule has 2 bridgehead atoms. The summed E-state index contributed by atoms with van der Waals surface area (Å²) in [6.07, 6.45) is 11.6. The van der Waals surface area contributed by atoms with E-state index >= 15 is 0 Å². The van der Waals surface area contributed by atoms with Crippen LogP contribution in [-0.4, -0.2) is 51.4 Å². The van der Waals surface area contributed by atoms with Gasteiger partial charge in [0.1, 0.15) is 11.6 Å². The number of nitrogens with zero attached hydrogens (tertiary/aromatic N) is 2. The summed E-state index contributed by atoms with van der Waals surface area (Å²) in [6.45, 7) is 2.09. The van der Waals surface area contributed by atoms with Crippen LogP contribution in [0.1, 0.15) is 43.2 Å². The average Bonchev–Trinajstić information content (AvgIpc) is 3.55. The molecule has 1 aromatic carbocycles. The topological polar surface area (TPSA) is 101 Å². The lowest BCUT2D eigenvalue weighted by atomic mass is 9.74. The minimum Gasteiger partial charge on any atom is -0.359 e. The number of aryl methyl sites for hydroxylation is 1. The molecule has 1 aromatic heterocycles. The summed E-state index contributed by atoms with van der Waals surface area (Å²) in [4.78, 5) is 47.3. The molecule has 1 spiro atoms. The summed E-state index contributed by atoms with van der Waals surface area (Å²) in [6, 6.07) is 8.19. The number of carbonyl (C=O) groups excluding carboxylic acids is 3. The van der Waals surface area contributed by atoms with Crippen LogP contribution in [0, 0.1) is 18.8 Å². The molecule has 4 aliphatic rings. The smallest absolute Gasteiger partial charge is 0.246 e. The molecular formula is C29H31ClN4O4. The van der Waals surface area contributed by atoms with Crippen LogP contribution >= 0.6 is 11.6 Å². The van der Waals surface area contributed by atoms with Gasteiger partial charge in [-0.2, -0.15) is 0 Å². The number of nitrogens with one attached hydrogen (secondary N) is 2. The van der Waals surface area contributed by atoms with E-state index in [2.05, 4.69) is 15.6 Å². The molecule has 4 heterocycles. The summed E-state index contributed by atoms with van der Waals surface area (Å²) in [7, 11) is 0. The highest BCUT2D eigenvalue weighted by atomic mass is 35.5. The van der Waals surface area contributed by atoms with Gasteiger partial charge in [0.05, 0.1) is 17.9 Å².